The molecule has 2 N–H and O–H groups in total. The molecule has 0 saturated heterocycles. The number of pyridine rings is 1. The van der Waals surface area contributed by atoms with Gasteiger partial charge >= 0.3 is 5.97 Å². The monoisotopic (exact) mass is 348 g/mol. The van der Waals surface area contributed by atoms with E-state index in [1.807, 2.05) is 0 Å². The Hall–Kier alpha value is -2.79. The van der Waals surface area contributed by atoms with Crippen LogP contribution in [0.3, 0.4) is 0 Å². The van der Waals surface area contributed by atoms with Gasteiger partial charge in [-0.15, -0.1) is 5.92 Å². The summed E-state index contributed by atoms with van der Waals surface area (Å²) in [6.45, 7) is 2.93. The van der Waals surface area contributed by atoms with Crippen LogP contribution in [0.25, 0.3) is 0 Å². The number of H-pyrrole nitrogens is 1. The molecule has 0 bridgehead atoms. The molecule has 2 aromatic rings. The third-order valence-electron chi connectivity index (χ3n) is 3.55. The lowest BCUT2D eigenvalue weighted by atomic mass is 10.1. The molecule has 2 rings (SSSR count). The highest BCUT2D eigenvalue weighted by molar-refractivity contribution is 7.93. The van der Waals surface area contributed by atoms with Crippen molar-refractivity contribution in [2.45, 2.75) is 23.5 Å². The maximum absolute atomic E-state index is 12.9. The molecule has 126 valence electrons. The van der Waals surface area contributed by atoms with Crippen LogP contribution in [-0.4, -0.2) is 36.1 Å². The van der Waals surface area contributed by atoms with Crippen molar-refractivity contribution < 1.29 is 23.1 Å². The summed E-state index contributed by atoms with van der Waals surface area (Å²) < 4.78 is 28.8. The van der Waals surface area contributed by atoms with E-state index in [-0.39, 0.29) is 23.1 Å². The van der Waals surface area contributed by atoms with E-state index < -0.39 is 20.6 Å². The van der Waals surface area contributed by atoms with Gasteiger partial charge in [0.2, 0.25) is 20.5 Å². The average Bonchev–Trinajstić information content (AvgIpc) is 3.09. The van der Waals surface area contributed by atoms with Gasteiger partial charge in [0, 0.05) is 24.2 Å². The molecular formula is C16H16N2O5S. The summed E-state index contributed by atoms with van der Waals surface area (Å²) >= 11 is 0. The van der Waals surface area contributed by atoms with Crippen LogP contribution in [0.2, 0.25) is 0 Å². The van der Waals surface area contributed by atoms with Gasteiger partial charge in [0.15, 0.2) is 6.61 Å². The zero-order valence-electron chi connectivity index (χ0n) is 13.1. The number of carboxylic acid groups (broad SMARTS) is 1. The molecule has 0 saturated carbocycles. The first-order valence-electron chi connectivity index (χ1n) is 6.94. The molecule has 8 heteroatoms. The summed E-state index contributed by atoms with van der Waals surface area (Å²) in [6, 6.07) is 5.58. The molecule has 0 aromatic carbocycles. The lowest BCUT2D eigenvalue weighted by Gasteiger charge is -2.23. The molecule has 0 fully saturated rings. The second kappa shape index (κ2) is 6.76. The number of hydrogen-bond donors (Lipinski definition) is 2. The van der Waals surface area contributed by atoms with Crippen molar-refractivity contribution in [1.29, 1.82) is 0 Å². The van der Waals surface area contributed by atoms with Crippen LogP contribution in [0.1, 0.15) is 19.5 Å². The molecule has 24 heavy (non-hydrogen) atoms. The zero-order valence-corrected chi connectivity index (χ0v) is 13.9. The molecule has 0 aliphatic heterocycles. The first-order chi connectivity index (χ1) is 11.3. The normalized spacial score (nSPS) is 13.4. The molecule has 1 atom stereocenters. The fourth-order valence-corrected chi connectivity index (χ4v) is 3.59. The molecule has 0 spiro atoms. The minimum atomic E-state index is -4.24. The van der Waals surface area contributed by atoms with Crippen LogP contribution >= 0.6 is 0 Å². The van der Waals surface area contributed by atoms with E-state index in [1.165, 1.54) is 30.5 Å². The molecule has 7 nitrogen and oxygen atoms in total. The van der Waals surface area contributed by atoms with Gasteiger partial charge in [0.05, 0.1) is 4.90 Å². The molecular weight excluding hydrogens is 332 g/mol. The Morgan fingerprint density at radius 2 is 2.17 bits per heavy atom. The lowest BCUT2D eigenvalue weighted by molar-refractivity contribution is -0.140. The van der Waals surface area contributed by atoms with Crippen LogP contribution in [0.5, 0.6) is 5.88 Å². The number of sulfone groups is 1. The molecule has 2 heterocycles. The van der Waals surface area contributed by atoms with Crippen LogP contribution in [0, 0.1) is 11.8 Å². The SMILES string of the molecule is CC#CCOc1ccc(S(=O)(=O)C(C)(C(=O)O)c2ccc[nH]2)cn1. The maximum Gasteiger partial charge on any atom is 0.331 e. The second-order valence-electron chi connectivity index (χ2n) is 4.97. The Bertz CT molecular complexity index is 877. The first kappa shape index (κ1) is 17.6. The number of hydrogen-bond acceptors (Lipinski definition) is 5. The van der Waals surface area contributed by atoms with E-state index in [4.69, 9.17) is 4.74 Å². The molecule has 2 aromatic heterocycles. The zero-order chi connectivity index (χ0) is 17.8. The number of aromatic nitrogens is 2. The van der Waals surface area contributed by atoms with Crippen LogP contribution in [0.15, 0.2) is 41.6 Å². The Labute approximate surface area is 139 Å². The van der Waals surface area contributed by atoms with Crippen LogP contribution in [0.4, 0.5) is 0 Å². The minimum Gasteiger partial charge on any atom is -0.480 e. The number of carboxylic acids is 1. The van der Waals surface area contributed by atoms with E-state index in [0.29, 0.717) is 0 Å². The first-order valence-corrected chi connectivity index (χ1v) is 8.42. The third-order valence-corrected chi connectivity index (χ3v) is 5.88. The van der Waals surface area contributed by atoms with Gasteiger partial charge in [0.1, 0.15) is 0 Å². The van der Waals surface area contributed by atoms with Crippen molar-refractivity contribution in [3.63, 3.8) is 0 Å². The summed E-state index contributed by atoms with van der Waals surface area (Å²) in [7, 11) is -4.24. The standard InChI is InChI=1S/C16H16N2O5S/c1-3-4-10-23-14-8-7-12(11-18-14)24(21,22)16(2,15(19)20)13-6-5-9-17-13/h5-9,11,17H,10H2,1-2H3,(H,19,20). The smallest absolute Gasteiger partial charge is 0.331 e. The fraction of sp³-hybridized carbons (Fsp3) is 0.250. The Kier molecular flexibility index (Phi) is 4.95. The van der Waals surface area contributed by atoms with E-state index in [0.717, 1.165) is 13.1 Å². The second-order valence-corrected chi connectivity index (χ2v) is 7.27. The highest BCUT2D eigenvalue weighted by atomic mass is 32.2. The fourth-order valence-electron chi connectivity index (χ4n) is 2.03. The average molecular weight is 348 g/mol. The Balaban J connectivity index is 2.41. The summed E-state index contributed by atoms with van der Waals surface area (Å²) in [5.41, 5.74) is 0.0635. The quantitative estimate of drug-likeness (QED) is 0.767. The lowest BCUT2D eigenvalue weighted by Crippen LogP contribution is -2.41. The number of aromatic amines is 1. The number of aliphatic carboxylic acids is 1. The maximum atomic E-state index is 12.9. The predicted octanol–water partition coefficient (Wildman–Crippen LogP) is 1.59. The number of nitrogens with one attached hydrogen (secondary N) is 1. The van der Waals surface area contributed by atoms with Gasteiger partial charge in [-0.2, -0.15) is 0 Å². The van der Waals surface area contributed by atoms with E-state index in [9.17, 15) is 18.3 Å². The number of nitrogens with zero attached hydrogens (tertiary/aromatic N) is 1. The van der Waals surface area contributed by atoms with Crippen molar-refractivity contribution >= 4 is 15.8 Å². The van der Waals surface area contributed by atoms with Crippen molar-refractivity contribution in [1.82, 2.24) is 9.97 Å². The largest absolute Gasteiger partial charge is 0.480 e. The predicted molar refractivity (Wildman–Crippen MR) is 86.1 cm³/mol. The van der Waals surface area contributed by atoms with Crippen molar-refractivity contribution in [2.24, 2.45) is 0 Å². The van der Waals surface area contributed by atoms with Gasteiger partial charge in [-0.05, 0) is 32.0 Å². The molecule has 0 aliphatic rings. The van der Waals surface area contributed by atoms with Crippen LogP contribution in [-0.2, 0) is 19.4 Å². The van der Waals surface area contributed by atoms with Gasteiger partial charge in [-0.1, -0.05) is 5.92 Å². The molecule has 1 unspecified atom stereocenters. The van der Waals surface area contributed by atoms with E-state index >= 15 is 0 Å². The summed E-state index contributed by atoms with van der Waals surface area (Å²) in [5.74, 6) is 4.06. The molecule has 0 aliphatic carbocycles. The van der Waals surface area contributed by atoms with Crippen molar-refractivity contribution in [3.8, 4) is 17.7 Å². The third kappa shape index (κ3) is 2.98. The number of carbonyl (C=O) groups is 1. The van der Waals surface area contributed by atoms with Gasteiger partial charge in [-0.3, -0.25) is 4.79 Å². The summed E-state index contributed by atoms with van der Waals surface area (Å²) in [4.78, 5) is 18.1. The van der Waals surface area contributed by atoms with Gasteiger partial charge in [-0.25, -0.2) is 13.4 Å². The Morgan fingerprint density at radius 1 is 1.42 bits per heavy atom. The number of rotatable bonds is 6. The number of ether oxygens (including phenoxy) is 1. The highest BCUT2D eigenvalue weighted by Gasteiger charge is 2.50. The van der Waals surface area contributed by atoms with Crippen LogP contribution < -0.4 is 4.74 Å². The van der Waals surface area contributed by atoms with Gasteiger partial charge in [0.25, 0.3) is 0 Å². The van der Waals surface area contributed by atoms with E-state index in [1.54, 1.807) is 6.92 Å². The Morgan fingerprint density at radius 3 is 2.67 bits per heavy atom. The van der Waals surface area contributed by atoms with E-state index in [2.05, 4.69) is 21.8 Å². The molecule has 0 radical (unpaired) electrons. The van der Waals surface area contributed by atoms with Gasteiger partial charge < -0.3 is 14.8 Å². The minimum absolute atomic E-state index is 0.0635. The highest BCUT2D eigenvalue weighted by Crippen LogP contribution is 2.34. The van der Waals surface area contributed by atoms with Crippen molar-refractivity contribution in [3.05, 3.63) is 42.4 Å². The topological polar surface area (TPSA) is 109 Å². The molecule has 0 amide bonds. The van der Waals surface area contributed by atoms with Crippen molar-refractivity contribution in [2.75, 3.05) is 6.61 Å². The summed E-state index contributed by atoms with van der Waals surface area (Å²) in [6.07, 6.45) is 2.55. The summed E-state index contributed by atoms with van der Waals surface area (Å²) in [5, 5.41) is 9.54.